The van der Waals surface area contributed by atoms with Crippen molar-refractivity contribution in [2.24, 2.45) is 0 Å². The standard InChI is InChI=1S/C16H21NO3S/c1-3-19-16-7-4-13(8-12(16)10-18)17-9-14-5-6-15(20-14)11-21-2/h4-8,17-18H,3,9-11H2,1-2H3. The first-order valence-electron chi connectivity index (χ1n) is 6.93. The van der Waals surface area contributed by atoms with E-state index >= 15 is 0 Å². The number of thioether (sulfide) groups is 1. The molecule has 0 atom stereocenters. The largest absolute Gasteiger partial charge is 0.494 e. The fourth-order valence-electron chi connectivity index (χ4n) is 2.04. The van der Waals surface area contributed by atoms with E-state index < -0.39 is 0 Å². The van der Waals surface area contributed by atoms with E-state index in [0.717, 1.165) is 34.3 Å². The molecule has 0 fully saturated rings. The minimum absolute atomic E-state index is 0.0382. The van der Waals surface area contributed by atoms with Crippen molar-refractivity contribution in [3.63, 3.8) is 0 Å². The van der Waals surface area contributed by atoms with Crippen molar-refractivity contribution < 1.29 is 14.3 Å². The fourth-order valence-corrected chi connectivity index (χ4v) is 2.48. The van der Waals surface area contributed by atoms with Crippen LogP contribution in [0.4, 0.5) is 5.69 Å². The number of hydrogen-bond donors (Lipinski definition) is 2. The normalized spacial score (nSPS) is 10.6. The molecule has 0 aliphatic rings. The molecule has 0 spiro atoms. The summed E-state index contributed by atoms with van der Waals surface area (Å²) in [6.45, 7) is 3.09. The van der Waals surface area contributed by atoms with Gasteiger partial charge in [-0.15, -0.1) is 0 Å². The van der Waals surface area contributed by atoms with Gasteiger partial charge >= 0.3 is 0 Å². The van der Waals surface area contributed by atoms with Gasteiger partial charge in [-0.25, -0.2) is 0 Å². The lowest BCUT2D eigenvalue weighted by Crippen LogP contribution is -2.01. The first kappa shape index (κ1) is 15.8. The number of anilines is 1. The third kappa shape index (κ3) is 4.44. The lowest BCUT2D eigenvalue weighted by molar-refractivity contribution is 0.267. The monoisotopic (exact) mass is 307 g/mol. The molecule has 0 saturated carbocycles. The maximum Gasteiger partial charge on any atom is 0.124 e. The Morgan fingerprint density at radius 3 is 2.76 bits per heavy atom. The van der Waals surface area contributed by atoms with Gasteiger partial charge in [-0.3, -0.25) is 0 Å². The van der Waals surface area contributed by atoms with Crippen LogP contribution in [0.3, 0.4) is 0 Å². The number of nitrogens with one attached hydrogen (secondary N) is 1. The first-order valence-corrected chi connectivity index (χ1v) is 8.33. The zero-order valence-corrected chi connectivity index (χ0v) is 13.2. The molecule has 0 aliphatic heterocycles. The molecule has 0 radical (unpaired) electrons. The quantitative estimate of drug-likeness (QED) is 0.779. The number of benzene rings is 1. The van der Waals surface area contributed by atoms with Gasteiger partial charge in [0.1, 0.15) is 17.3 Å². The molecule has 2 N–H and O–H groups in total. The number of rotatable bonds is 8. The summed E-state index contributed by atoms with van der Waals surface area (Å²) in [7, 11) is 0. The molecular weight excluding hydrogens is 286 g/mol. The molecular formula is C16H21NO3S. The summed E-state index contributed by atoms with van der Waals surface area (Å²) < 4.78 is 11.2. The Morgan fingerprint density at radius 2 is 2.05 bits per heavy atom. The maximum absolute atomic E-state index is 9.39. The zero-order valence-electron chi connectivity index (χ0n) is 12.4. The van der Waals surface area contributed by atoms with Gasteiger partial charge in [0.15, 0.2) is 0 Å². The Hall–Kier alpha value is -1.59. The molecule has 0 saturated heterocycles. The van der Waals surface area contributed by atoms with Gasteiger partial charge in [-0.05, 0) is 43.5 Å². The van der Waals surface area contributed by atoms with Crippen molar-refractivity contribution in [2.45, 2.75) is 25.8 Å². The van der Waals surface area contributed by atoms with Gasteiger partial charge in [0.25, 0.3) is 0 Å². The zero-order chi connectivity index (χ0) is 15.1. The van der Waals surface area contributed by atoms with Crippen LogP contribution in [-0.2, 0) is 18.9 Å². The summed E-state index contributed by atoms with van der Waals surface area (Å²) in [6.07, 6.45) is 2.05. The van der Waals surface area contributed by atoms with E-state index in [1.54, 1.807) is 11.8 Å². The molecule has 2 aromatic rings. The first-order chi connectivity index (χ1) is 10.3. The molecule has 4 nitrogen and oxygen atoms in total. The predicted octanol–water partition coefficient (Wildman–Crippen LogP) is 3.65. The summed E-state index contributed by atoms with van der Waals surface area (Å²) >= 11 is 1.74. The Morgan fingerprint density at radius 1 is 1.24 bits per heavy atom. The van der Waals surface area contributed by atoms with Crippen LogP contribution in [0.15, 0.2) is 34.7 Å². The molecule has 1 heterocycles. The number of furan rings is 1. The van der Waals surface area contributed by atoms with Crippen molar-refractivity contribution in [1.29, 1.82) is 0 Å². The van der Waals surface area contributed by atoms with Crippen molar-refractivity contribution in [3.8, 4) is 5.75 Å². The van der Waals surface area contributed by atoms with Gasteiger partial charge in [0.05, 0.1) is 25.5 Å². The molecule has 0 bridgehead atoms. The molecule has 1 aromatic heterocycles. The highest BCUT2D eigenvalue weighted by Crippen LogP contribution is 2.23. The summed E-state index contributed by atoms with van der Waals surface area (Å²) in [5.41, 5.74) is 1.72. The Labute approximate surface area is 129 Å². The Kier molecular flexibility index (Phi) is 6.02. The van der Waals surface area contributed by atoms with Crippen LogP contribution in [0.1, 0.15) is 24.0 Å². The highest BCUT2D eigenvalue weighted by atomic mass is 32.2. The Balaban J connectivity index is 1.98. The van der Waals surface area contributed by atoms with Crippen LogP contribution in [0, 0.1) is 0 Å². The molecule has 0 amide bonds. The van der Waals surface area contributed by atoms with Crippen molar-refractivity contribution in [1.82, 2.24) is 0 Å². The third-order valence-corrected chi connectivity index (χ3v) is 3.57. The molecule has 5 heteroatoms. The van der Waals surface area contributed by atoms with E-state index in [9.17, 15) is 5.11 Å². The molecule has 0 aliphatic carbocycles. The second kappa shape index (κ2) is 8.00. The van der Waals surface area contributed by atoms with E-state index in [4.69, 9.17) is 9.15 Å². The van der Waals surface area contributed by atoms with Crippen LogP contribution in [0.25, 0.3) is 0 Å². The van der Waals surface area contributed by atoms with E-state index in [1.165, 1.54) is 0 Å². The second-order valence-corrected chi connectivity index (χ2v) is 5.43. The lowest BCUT2D eigenvalue weighted by Gasteiger charge is -2.11. The number of aliphatic hydroxyl groups is 1. The van der Waals surface area contributed by atoms with Crippen LogP contribution < -0.4 is 10.1 Å². The number of hydrogen-bond acceptors (Lipinski definition) is 5. The van der Waals surface area contributed by atoms with Crippen molar-refractivity contribution in [2.75, 3.05) is 18.2 Å². The summed E-state index contributed by atoms with van der Waals surface area (Å²) in [5, 5.41) is 12.7. The topological polar surface area (TPSA) is 54.6 Å². The van der Waals surface area contributed by atoms with E-state index in [2.05, 4.69) is 11.6 Å². The van der Waals surface area contributed by atoms with Gasteiger partial charge < -0.3 is 19.6 Å². The average molecular weight is 307 g/mol. The van der Waals surface area contributed by atoms with Crippen LogP contribution >= 0.6 is 11.8 Å². The van der Waals surface area contributed by atoms with Crippen LogP contribution in [0.2, 0.25) is 0 Å². The van der Waals surface area contributed by atoms with Crippen LogP contribution in [0.5, 0.6) is 5.75 Å². The van der Waals surface area contributed by atoms with Gasteiger partial charge in [0.2, 0.25) is 0 Å². The Bertz CT molecular complexity index is 568. The highest BCUT2D eigenvalue weighted by Gasteiger charge is 2.05. The van der Waals surface area contributed by atoms with E-state index in [1.807, 2.05) is 37.3 Å². The molecule has 0 unspecified atom stereocenters. The molecule has 21 heavy (non-hydrogen) atoms. The van der Waals surface area contributed by atoms with Gasteiger partial charge in [-0.1, -0.05) is 0 Å². The molecule has 114 valence electrons. The minimum atomic E-state index is -0.0382. The lowest BCUT2D eigenvalue weighted by atomic mass is 10.2. The average Bonchev–Trinajstić information content (AvgIpc) is 2.94. The van der Waals surface area contributed by atoms with Gasteiger partial charge in [-0.2, -0.15) is 11.8 Å². The van der Waals surface area contributed by atoms with Crippen molar-refractivity contribution in [3.05, 3.63) is 47.4 Å². The van der Waals surface area contributed by atoms with E-state index in [0.29, 0.717) is 13.2 Å². The SMILES string of the molecule is CCOc1ccc(NCc2ccc(CSC)o2)cc1CO. The molecule has 2 rings (SSSR count). The van der Waals surface area contributed by atoms with Crippen molar-refractivity contribution >= 4 is 17.4 Å². The number of aliphatic hydroxyl groups excluding tert-OH is 1. The van der Waals surface area contributed by atoms with Crippen LogP contribution in [-0.4, -0.2) is 18.0 Å². The fraction of sp³-hybridized carbons (Fsp3) is 0.375. The molecule has 1 aromatic carbocycles. The van der Waals surface area contributed by atoms with E-state index in [-0.39, 0.29) is 6.61 Å². The summed E-state index contributed by atoms with van der Waals surface area (Å²) in [5.74, 6) is 3.50. The summed E-state index contributed by atoms with van der Waals surface area (Å²) in [4.78, 5) is 0. The summed E-state index contributed by atoms with van der Waals surface area (Å²) in [6, 6.07) is 9.70. The third-order valence-electron chi connectivity index (χ3n) is 3.00. The van der Waals surface area contributed by atoms with Gasteiger partial charge in [0, 0.05) is 11.3 Å². The number of ether oxygens (including phenoxy) is 1. The predicted molar refractivity (Wildman–Crippen MR) is 86.8 cm³/mol. The minimum Gasteiger partial charge on any atom is -0.494 e. The smallest absolute Gasteiger partial charge is 0.124 e. The highest BCUT2D eigenvalue weighted by molar-refractivity contribution is 7.97. The second-order valence-electron chi connectivity index (χ2n) is 4.57. The maximum atomic E-state index is 9.39.